The molecule has 0 saturated carbocycles. The Kier molecular flexibility index (Phi) is 4.49. The third kappa shape index (κ3) is 3.53. The van der Waals surface area contributed by atoms with E-state index in [1.807, 2.05) is 13.0 Å². The van der Waals surface area contributed by atoms with Gasteiger partial charge in [-0.05, 0) is 31.4 Å². The van der Waals surface area contributed by atoms with Crippen LogP contribution in [-0.4, -0.2) is 31.6 Å². The van der Waals surface area contributed by atoms with Gasteiger partial charge in [0.15, 0.2) is 9.84 Å². The number of aromatic nitrogens is 1. The van der Waals surface area contributed by atoms with E-state index >= 15 is 0 Å². The lowest BCUT2D eigenvalue weighted by Gasteiger charge is -2.08. The first-order valence-corrected chi connectivity index (χ1v) is 9.82. The van der Waals surface area contributed by atoms with Crippen molar-refractivity contribution >= 4 is 26.6 Å². The number of benzene rings is 1. The highest BCUT2D eigenvalue weighted by atomic mass is 32.2. The van der Waals surface area contributed by atoms with Gasteiger partial charge in [0.1, 0.15) is 0 Å². The zero-order valence-electron chi connectivity index (χ0n) is 13.9. The average Bonchev–Trinajstić information content (AvgIpc) is 3.00. The Hall–Kier alpha value is -2.08. The molecule has 2 N–H and O–H groups in total. The fourth-order valence-corrected chi connectivity index (χ4v) is 4.68. The maximum Gasteiger partial charge on any atom is 0.220 e. The SMILES string of the molecule is Cc1[nH]c2c(C)cccc2c1CCNC(=O)CC1C=CS(=O)(=O)C1. The predicted molar refractivity (Wildman–Crippen MR) is 95.5 cm³/mol. The summed E-state index contributed by atoms with van der Waals surface area (Å²) < 4.78 is 22.7. The number of nitrogens with one attached hydrogen (secondary N) is 2. The van der Waals surface area contributed by atoms with Crippen LogP contribution in [-0.2, 0) is 21.1 Å². The minimum Gasteiger partial charge on any atom is -0.358 e. The highest BCUT2D eigenvalue weighted by Crippen LogP contribution is 2.25. The molecule has 0 bridgehead atoms. The van der Waals surface area contributed by atoms with Crippen LogP contribution in [0.25, 0.3) is 10.9 Å². The van der Waals surface area contributed by atoms with E-state index in [4.69, 9.17) is 0 Å². The molecule has 1 aromatic carbocycles. The zero-order valence-corrected chi connectivity index (χ0v) is 14.7. The molecule has 1 aliphatic rings. The molecule has 0 saturated heterocycles. The molecular formula is C18H22N2O3S. The molecule has 3 rings (SSSR count). The van der Waals surface area contributed by atoms with Crippen molar-refractivity contribution in [3.8, 4) is 0 Å². The van der Waals surface area contributed by atoms with Gasteiger partial charge in [-0.1, -0.05) is 24.3 Å². The highest BCUT2D eigenvalue weighted by molar-refractivity contribution is 7.94. The standard InChI is InChI=1S/C18H22N2O3S/c1-12-4-3-5-16-15(13(2)20-18(12)16)6-8-19-17(21)10-14-7-9-24(22,23)11-14/h3-5,7,9,14,20H,6,8,10-11H2,1-2H3,(H,19,21). The Morgan fingerprint density at radius 3 is 2.83 bits per heavy atom. The summed E-state index contributed by atoms with van der Waals surface area (Å²) in [5, 5.41) is 5.31. The second kappa shape index (κ2) is 6.43. The van der Waals surface area contributed by atoms with Gasteiger partial charge in [-0.25, -0.2) is 8.42 Å². The van der Waals surface area contributed by atoms with Crippen LogP contribution in [0, 0.1) is 19.8 Å². The van der Waals surface area contributed by atoms with E-state index < -0.39 is 9.84 Å². The van der Waals surface area contributed by atoms with Crippen molar-refractivity contribution in [2.24, 2.45) is 5.92 Å². The summed E-state index contributed by atoms with van der Waals surface area (Å²) in [5.41, 5.74) is 4.70. The quantitative estimate of drug-likeness (QED) is 0.872. The van der Waals surface area contributed by atoms with Gasteiger partial charge in [0.25, 0.3) is 0 Å². The van der Waals surface area contributed by atoms with Crippen LogP contribution in [0.15, 0.2) is 29.7 Å². The lowest BCUT2D eigenvalue weighted by Crippen LogP contribution is -2.28. The number of H-pyrrole nitrogens is 1. The van der Waals surface area contributed by atoms with E-state index in [1.165, 1.54) is 21.9 Å². The monoisotopic (exact) mass is 346 g/mol. The first-order valence-electron chi connectivity index (χ1n) is 8.10. The maximum absolute atomic E-state index is 12.0. The molecule has 1 amide bonds. The molecule has 5 nitrogen and oxygen atoms in total. The lowest BCUT2D eigenvalue weighted by atomic mass is 10.1. The van der Waals surface area contributed by atoms with E-state index in [-0.39, 0.29) is 24.0 Å². The van der Waals surface area contributed by atoms with Crippen molar-refractivity contribution in [1.29, 1.82) is 0 Å². The third-order valence-electron chi connectivity index (χ3n) is 4.51. The number of amides is 1. The van der Waals surface area contributed by atoms with E-state index in [0.29, 0.717) is 6.54 Å². The van der Waals surface area contributed by atoms with Crippen molar-refractivity contribution in [1.82, 2.24) is 10.3 Å². The van der Waals surface area contributed by atoms with Crippen LogP contribution in [0.3, 0.4) is 0 Å². The van der Waals surface area contributed by atoms with Crippen molar-refractivity contribution in [3.63, 3.8) is 0 Å². The molecule has 128 valence electrons. The second-order valence-electron chi connectivity index (χ2n) is 6.45. The van der Waals surface area contributed by atoms with Crippen LogP contribution in [0.4, 0.5) is 0 Å². The fraction of sp³-hybridized carbons (Fsp3) is 0.389. The van der Waals surface area contributed by atoms with Crippen LogP contribution in [0.1, 0.15) is 23.2 Å². The number of allylic oxidation sites excluding steroid dienone is 1. The third-order valence-corrected chi connectivity index (χ3v) is 5.98. The van der Waals surface area contributed by atoms with E-state index in [1.54, 1.807) is 6.08 Å². The molecule has 24 heavy (non-hydrogen) atoms. The largest absolute Gasteiger partial charge is 0.358 e. The van der Waals surface area contributed by atoms with Crippen LogP contribution >= 0.6 is 0 Å². The number of hydrogen-bond donors (Lipinski definition) is 2. The zero-order chi connectivity index (χ0) is 17.3. The number of carbonyl (C=O) groups excluding carboxylic acids is 1. The number of rotatable bonds is 5. The number of aromatic amines is 1. The van der Waals surface area contributed by atoms with Crippen molar-refractivity contribution in [2.75, 3.05) is 12.3 Å². The van der Waals surface area contributed by atoms with Crippen LogP contribution < -0.4 is 5.32 Å². The summed E-state index contributed by atoms with van der Waals surface area (Å²) >= 11 is 0. The topological polar surface area (TPSA) is 79.0 Å². The number of carbonyl (C=O) groups is 1. The number of para-hydroxylation sites is 1. The van der Waals surface area contributed by atoms with Crippen molar-refractivity contribution in [2.45, 2.75) is 26.7 Å². The number of aryl methyl sites for hydroxylation is 2. The summed E-state index contributed by atoms with van der Waals surface area (Å²) in [5.74, 6) is -0.260. The molecule has 0 fully saturated rings. The fourth-order valence-electron chi connectivity index (χ4n) is 3.28. The molecule has 0 radical (unpaired) electrons. The number of fused-ring (bicyclic) bond motifs is 1. The average molecular weight is 346 g/mol. The Balaban J connectivity index is 1.57. The second-order valence-corrected chi connectivity index (χ2v) is 8.38. The van der Waals surface area contributed by atoms with Gasteiger partial charge in [-0.2, -0.15) is 0 Å². The molecule has 1 aromatic heterocycles. The Morgan fingerprint density at radius 2 is 2.12 bits per heavy atom. The number of sulfone groups is 1. The smallest absolute Gasteiger partial charge is 0.220 e. The minimum absolute atomic E-state index is 0.0429. The van der Waals surface area contributed by atoms with E-state index in [2.05, 4.69) is 29.4 Å². The molecule has 2 heterocycles. The molecule has 1 aliphatic heterocycles. The molecule has 0 aliphatic carbocycles. The first kappa shape index (κ1) is 16.8. The van der Waals surface area contributed by atoms with Gasteiger partial charge in [0.05, 0.1) is 5.75 Å². The van der Waals surface area contributed by atoms with E-state index in [0.717, 1.165) is 17.6 Å². The van der Waals surface area contributed by atoms with Crippen molar-refractivity contribution < 1.29 is 13.2 Å². The minimum atomic E-state index is -3.10. The summed E-state index contributed by atoms with van der Waals surface area (Å²) in [6, 6.07) is 6.21. The highest BCUT2D eigenvalue weighted by Gasteiger charge is 2.23. The Bertz CT molecular complexity index is 910. The lowest BCUT2D eigenvalue weighted by molar-refractivity contribution is -0.121. The van der Waals surface area contributed by atoms with Crippen molar-refractivity contribution in [3.05, 3.63) is 46.5 Å². The Labute approximate surface area is 142 Å². The normalized spacial score (nSPS) is 19.0. The number of hydrogen-bond acceptors (Lipinski definition) is 3. The summed E-state index contributed by atoms with van der Waals surface area (Å²) in [7, 11) is -3.10. The molecule has 2 aromatic rings. The summed E-state index contributed by atoms with van der Waals surface area (Å²) in [6.07, 6.45) is 2.59. The van der Waals surface area contributed by atoms with Gasteiger partial charge in [-0.15, -0.1) is 0 Å². The van der Waals surface area contributed by atoms with Crippen LogP contribution in [0.5, 0.6) is 0 Å². The molecule has 6 heteroatoms. The predicted octanol–water partition coefficient (Wildman–Crippen LogP) is 2.39. The molecule has 1 unspecified atom stereocenters. The van der Waals surface area contributed by atoms with E-state index in [9.17, 15) is 13.2 Å². The van der Waals surface area contributed by atoms with Gasteiger partial charge in [0.2, 0.25) is 5.91 Å². The maximum atomic E-state index is 12.0. The first-order chi connectivity index (χ1) is 11.4. The van der Waals surface area contributed by atoms with Gasteiger partial charge < -0.3 is 10.3 Å². The van der Waals surface area contributed by atoms with Gasteiger partial charge >= 0.3 is 0 Å². The summed E-state index contributed by atoms with van der Waals surface area (Å²) in [6.45, 7) is 4.67. The molecular weight excluding hydrogens is 324 g/mol. The molecule has 0 spiro atoms. The van der Waals surface area contributed by atoms with Gasteiger partial charge in [-0.3, -0.25) is 4.79 Å². The molecule has 1 atom stereocenters. The Morgan fingerprint density at radius 1 is 1.33 bits per heavy atom. The summed E-state index contributed by atoms with van der Waals surface area (Å²) in [4.78, 5) is 15.4. The van der Waals surface area contributed by atoms with Crippen LogP contribution in [0.2, 0.25) is 0 Å². The van der Waals surface area contributed by atoms with Gasteiger partial charge in [0, 0.05) is 40.9 Å².